The maximum absolute atomic E-state index is 12.9. The van der Waals surface area contributed by atoms with Crippen LogP contribution in [0.15, 0.2) is 18.2 Å². The molecule has 0 radical (unpaired) electrons. The van der Waals surface area contributed by atoms with Gasteiger partial charge in [0.25, 0.3) is 5.91 Å². The van der Waals surface area contributed by atoms with Crippen LogP contribution in [0.1, 0.15) is 30.1 Å². The first-order valence-corrected chi connectivity index (χ1v) is 7.90. The lowest BCUT2D eigenvalue weighted by Gasteiger charge is -2.41. The van der Waals surface area contributed by atoms with Crippen molar-refractivity contribution in [2.24, 2.45) is 0 Å². The Kier molecular flexibility index (Phi) is 4.15. The number of carbonyl (C=O) groups is 2. The standard InChI is InChI=1S/C17H22N2O4/c1-11-16(20)18-8-4-5-13(18)10-19(11)17(21)12-6-7-14(22-2)15(9-12)23-3/h6-7,9,11,13H,4-5,8,10H2,1-3H3/t11-,13+/m0/s1. The molecule has 1 aromatic carbocycles. The van der Waals surface area contributed by atoms with Gasteiger partial charge in [-0.15, -0.1) is 0 Å². The van der Waals surface area contributed by atoms with E-state index in [0.29, 0.717) is 23.6 Å². The van der Waals surface area contributed by atoms with Crippen molar-refractivity contribution in [3.05, 3.63) is 23.8 Å². The predicted molar refractivity (Wildman–Crippen MR) is 84.8 cm³/mol. The second-order valence-electron chi connectivity index (χ2n) is 6.03. The first-order valence-electron chi connectivity index (χ1n) is 7.90. The molecule has 6 nitrogen and oxygen atoms in total. The van der Waals surface area contributed by atoms with E-state index in [0.717, 1.165) is 19.4 Å². The molecule has 0 aromatic heterocycles. The van der Waals surface area contributed by atoms with E-state index in [2.05, 4.69) is 0 Å². The molecular formula is C17H22N2O4. The zero-order valence-corrected chi connectivity index (χ0v) is 13.7. The fourth-order valence-corrected chi connectivity index (χ4v) is 3.47. The van der Waals surface area contributed by atoms with Gasteiger partial charge < -0.3 is 19.3 Å². The van der Waals surface area contributed by atoms with Gasteiger partial charge in [0.2, 0.25) is 5.91 Å². The molecular weight excluding hydrogens is 296 g/mol. The monoisotopic (exact) mass is 318 g/mol. The van der Waals surface area contributed by atoms with Crippen LogP contribution in [-0.2, 0) is 4.79 Å². The Hall–Kier alpha value is -2.24. The van der Waals surface area contributed by atoms with E-state index in [9.17, 15) is 9.59 Å². The lowest BCUT2D eigenvalue weighted by molar-refractivity contribution is -0.141. The molecule has 2 aliphatic rings. The van der Waals surface area contributed by atoms with Crippen molar-refractivity contribution in [3.63, 3.8) is 0 Å². The SMILES string of the molecule is COc1ccc(C(=O)N2C[C@H]3CCCN3C(=O)[C@@H]2C)cc1OC. The molecule has 2 amide bonds. The van der Waals surface area contributed by atoms with Crippen LogP contribution >= 0.6 is 0 Å². The normalized spacial score (nSPS) is 23.7. The number of hydrogen-bond donors (Lipinski definition) is 0. The first-order chi connectivity index (χ1) is 11.1. The Labute approximate surface area is 136 Å². The summed E-state index contributed by atoms with van der Waals surface area (Å²) in [4.78, 5) is 28.9. The summed E-state index contributed by atoms with van der Waals surface area (Å²) in [6, 6.07) is 4.82. The molecule has 23 heavy (non-hydrogen) atoms. The number of piperazine rings is 1. The van der Waals surface area contributed by atoms with Crippen molar-refractivity contribution in [2.45, 2.75) is 31.8 Å². The number of hydrogen-bond acceptors (Lipinski definition) is 4. The summed E-state index contributed by atoms with van der Waals surface area (Å²) in [5.41, 5.74) is 0.508. The molecule has 2 aliphatic heterocycles. The Morgan fingerprint density at radius 2 is 1.96 bits per heavy atom. The maximum atomic E-state index is 12.9. The molecule has 0 aliphatic carbocycles. The van der Waals surface area contributed by atoms with Gasteiger partial charge in [0.1, 0.15) is 6.04 Å². The van der Waals surface area contributed by atoms with Gasteiger partial charge in [-0.3, -0.25) is 9.59 Å². The molecule has 2 heterocycles. The van der Waals surface area contributed by atoms with Crippen LogP contribution < -0.4 is 9.47 Å². The minimum Gasteiger partial charge on any atom is -0.493 e. The van der Waals surface area contributed by atoms with Crippen LogP contribution in [0.25, 0.3) is 0 Å². The highest BCUT2D eigenvalue weighted by Crippen LogP contribution is 2.30. The lowest BCUT2D eigenvalue weighted by atomic mass is 10.0. The largest absolute Gasteiger partial charge is 0.493 e. The van der Waals surface area contributed by atoms with Gasteiger partial charge in [0, 0.05) is 24.7 Å². The van der Waals surface area contributed by atoms with Crippen LogP contribution in [-0.4, -0.2) is 61.0 Å². The minimum absolute atomic E-state index is 0.0487. The van der Waals surface area contributed by atoms with Crippen LogP contribution in [0.5, 0.6) is 11.5 Å². The summed E-state index contributed by atoms with van der Waals surface area (Å²) in [5.74, 6) is 0.997. The number of rotatable bonds is 3. The summed E-state index contributed by atoms with van der Waals surface area (Å²) < 4.78 is 10.5. The zero-order chi connectivity index (χ0) is 16.6. The average molecular weight is 318 g/mol. The Morgan fingerprint density at radius 1 is 1.22 bits per heavy atom. The van der Waals surface area contributed by atoms with Crippen molar-refractivity contribution < 1.29 is 19.1 Å². The third-order valence-electron chi connectivity index (χ3n) is 4.78. The number of nitrogens with zero attached hydrogens (tertiary/aromatic N) is 2. The summed E-state index contributed by atoms with van der Waals surface area (Å²) >= 11 is 0. The van der Waals surface area contributed by atoms with Crippen molar-refractivity contribution in [1.29, 1.82) is 0 Å². The molecule has 124 valence electrons. The van der Waals surface area contributed by atoms with E-state index in [4.69, 9.17) is 9.47 Å². The third-order valence-corrected chi connectivity index (χ3v) is 4.78. The predicted octanol–water partition coefficient (Wildman–Crippen LogP) is 1.54. The molecule has 0 N–H and O–H groups in total. The quantitative estimate of drug-likeness (QED) is 0.848. The van der Waals surface area contributed by atoms with Crippen molar-refractivity contribution >= 4 is 11.8 Å². The summed E-state index contributed by atoms with van der Waals surface area (Å²) in [5, 5.41) is 0. The highest BCUT2D eigenvalue weighted by Gasteiger charge is 2.42. The van der Waals surface area contributed by atoms with Crippen molar-refractivity contribution in [1.82, 2.24) is 9.80 Å². The van der Waals surface area contributed by atoms with Gasteiger partial charge in [0.05, 0.1) is 14.2 Å². The molecule has 2 saturated heterocycles. The van der Waals surface area contributed by atoms with Gasteiger partial charge in [-0.05, 0) is 38.0 Å². The number of amides is 2. The second kappa shape index (κ2) is 6.10. The fraction of sp³-hybridized carbons (Fsp3) is 0.529. The molecule has 6 heteroatoms. The van der Waals surface area contributed by atoms with Crippen molar-refractivity contribution in [3.8, 4) is 11.5 Å². The summed E-state index contributed by atoms with van der Waals surface area (Å²) in [6.45, 7) is 3.21. The molecule has 0 unspecified atom stereocenters. The van der Waals surface area contributed by atoms with Crippen molar-refractivity contribution in [2.75, 3.05) is 27.3 Å². The maximum Gasteiger partial charge on any atom is 0.254 e. The second-order valence-corrected chi connectivity index (χ2v) is 6.03. The highest BCUT2D eigenvalue weighted by atomic mass is 16.5. The molecule has 2 fully saturated rings. The topological polar surface area (TPSA) is 59.1 Å². The highest BCUT2D eigenvalue weighted by molar-refractivity contribution is 5.98. The van der Waals surface area contributed by atoms with E-state index >= 15 is 0 Å². The molecule has 3 rings (SSSR count). The Bertz CT molecular complexity index is 631. The minimum atomic E-state index is -0.426. The molecule has 0 spiro atoms. The fourth-order valence-electron chi connectivity index (χ4n) is 3.47. The van der Waals surface area contributed by atoms with Gasteiger partial charge in [0.15, 0.2) is 11.5 Å². The number of benzene rings is 1. The number of methoxy groups -OCH3 is 2. The Balaban J connectivity index is 1.86. The summed E-state index contributed by atoms with van der Waals surface area (Å²) in [6.07, 6.45) is 1.98. The van der Waals surface area contributed by atoms with Gasteiger partial charge in [-0.25, -0.2) is 0 Å². The molecule has 1 aromatic rings. The molecule has 0 bridgehead atoms. The molecule has 2 atom stereocenters. The number of carbonyl (C=O) groups excluding carboxylic acids is 2. The van der Waals surface area contributed by atoms with E-state index in [1.54, 1.807) is 37.1 Å². The van der Waals surface area contributed by atoms with Gasteiger partial charge in [-0.2, -0.15) is 0 Å². The van der Waals surface area contributed by atoms with Gasteiger partial charge >= 0.3 is 0 Å². The zero-order valence-electron chi connectivity index (χ0n) is 13.7. The van der Waals surface area contributed by atoms with Crippen LogP contribution in [0, 0.1) is 0 Å². The van der Waals surface area contributed by atoms with E-state index in [-0.39, 0.29) is 17.9 Å². The van der Waals surface area contributed by atoms with Gasteiger partial charge in [-0.1, -0.05) is 0 Å². The van der Waals surface area contributed by atoms with E-state index in [1.807, 2.05) is 4.90 Å². The van der Waals surface area contributed by atoms with Crippen LogP contribution in [0.3, 0.4) is 0 Å². The third kappa shape index (κ3) is 2.62. The smallest absolute Gasteiger partial charge is 0.254 e. The van der Waals surface area contributed by atoms with E-state index < -0.39 is 6.04 Å². The average Bonchev–Trinajstić information content (AvgIpc) is 3.05. The number of fused-ring (bicyclic) bond motifs is 1. The van der Waals surface area contributed by atoms with Crippen LogP contribution in [0.4, 0.5) is 0 Å². The van der Waals surface area contributed by atoms with Crippen LogP contribution in [0.2, 0.25) is 0 Å². The molecule has 0 saturated carbocycles. The first kappa shape index (κ1) is 15.6. The Morgan fingerprint density at radius 3 is 2.65 bits per heavy atom. The van der Waals surface area contributed by atoms with E-state index in [1.165, 1.54) is 7.11 Å². The lowest BCUT2D eigenvalue weighted by Crippen LogP contribution is -2.60. The summed E-state index contributed by atoms with van der Waals surface area (Å²) in [7, 11) is 3.09. The number of ether oxygens (including phenoxy) is 2.